The van der Waals surface area contributed by atoms with Gasteiger partial charge in [-0.1, -0.05) is 12.1 Å². The van der Waals surface area contributed by atoms with E-state index in [-0.39, 0.29) is 5.91 Å². The third kappa shape index (κ3) is 4.30. The normalized spacial score (nSPS) is 24.2. The molecule has 0 saturated carbocycles. The van der Waals surface area contributed by atoms with Crippen molar-refractivity contribution in [1.29, 1.82) is 0 Å². The molecule has 19 heavy (non-hydrogen) atoms. The third-order valence-corrected chi connectivity index (χ3v) is 3.84. The van der Waals surface area contributed by atoms with Gasteiger partial charge in [0.15, 0.2) is 0 Å². The molecule has 2 rings (SSSR count). The zero-order valence-electron chi connectivity index (χ0n) is 11.3. The average Bonchev–Trinajstić information content (AvgIpc) is 2.30. The summed E-state index contributed by atoms with van der Waals surface area (Å²) in [6.45, 7) is 6.56. The number of para-hydroxylation sites is 1. The van der Waals surface area contributed by atoms with E-state index in [1.54, 1.807) is 0 Å². The first-order valence-corrected chi connectivity index (χ1v) is 7.36. The first kappa shape index (κ1) is 14.5. The lowest BCUT2D eigenvalue weighted by atomic mass is 10.1. The predicted molar refractivity (Wildman–Crippen MR) is 81.3 cm³/mol. The first-order chi connectivity index (χ1) is 9.04. The zero-order valence-corrected chi connectivity index (χ0v) is 12.9. The molecule has 4 nitrogen and oxygen atoms in total. The first-order valence-electron chi connectivity index (χ1n) is 6.57. The van der Waals surface area contributed by atoms with E-state index in [1.165, 1.54) is 0 Å². The van der Waals surface area contributed by atoms with E-state index >= 15 is 0 Å². The number of halogens is 1. The number of hydrogen-bond acceptors (Lipinski definition) is 3. The fourth-order valence-corrected chi connectivity index (χ4v) is 2.91. The molecule has 5 heteroatoms. The molecule has 1 aliphatic heterocycles. The smallest absolute Gasteiger partial charge is 0.238 e. The Bertz CT molecular complexity index is 442. The summed E-state index contributed by atoms with van der Waals surface area (Å²) in [5.41, 5.74) is 0.823. The molecule has 1 heterocycles. The lowest BCUT2D eigenvalue weighted by Crippen LogP contribution is -2.55. The Morgan fingerprint density at radius 2 is 2.00 bits per heavy atom. The van der Waals surface area contributed by atoms with Gasteiger partial charge in [-0.05, 0) is 41.9 Å². The number of hydrogen-bond donors (Lipinski definition) is 2. The van der Waals surface area contributed by atoms with Crippen molar-refractivity contribution in [2.45, 2.75) is 25.9 Å². The minimum absolute atomic E-state index is 0.0354. The van der Waals surface area contributed by atoms with E-state index in [0.717, 1.165) is 23.2 Å². The lowest BCUT2D eigenvalue weighted by Gasteiger charge is -2.35. The largest absolute Gasteiger partial charge is 0.324 e. The van der Waals surface area contributed by atoms with Crippen LogP contribution in [0, 0.1) is 0 Å². The molecule has 1 amide bonds. The molecule has 0 spiro atoms. The second-order valence-corrected chi connectivity index (χ2v) is 6.05. The fourth-order valence-electron chi connectivity index (χ4n) is 2.52. The average molecular weight is 326 g/mol. The van der Waals surface area contributed by atoms with E-state index in [0.29, 0.717) is 18.6 Å². The number of piperazine rings is 1. The van der Waals surface area contributed by atoms with Crippen molar-refractivity contribution >= 4 is 27.5 Å². The van der Waals surface area contributed by atoms with Gasteiger partial charge in [0.05, 0.1) is 12.2 Å². The van der Waals surface area contributed by atoms with Crippen LogP contribution in [-0.2, 0) is 4.79 Å². The molecule has 1 saturated heterocycles. The van der Waals surface area contributed by atoms with Crippen LogP contribution in [-0.4, -0.2) is 42.5 Å². The van der Waals surface area contributed by atoms with E-state index in [9.17, 15) is 4.79 Å². The molecular weight excluding hydrogens is 306 g/mol. The van der Waals surface area contributed by atoms with Gasteiger partial charge in [0.1, 0.15) is 0 Å². The van der Waals surface area contributed by atoms with Gasteiger partial charge in [-0.3, -0.25) is 9.69 Å². The summed E-state index contributed by atoms with van der Waals surface area (Å²) in [6.07, 6.45) is 0. The predicted octanol–water partition coefficient (Wildman–Crippen LogP) is 2.07. The Hall–Kier alpha value is -0.910. The van der Waals surface area contributed by atoms with E-state index in [4.69, 9.17) is 0 Å². The Morgan fingerprint density at radius 3 is 2.63 bits per heavy atom. The number of benzene rings is 1. The molecular formula is C14H20BrN3O. The molecule has 0 radical (unpaired) electrons. The number of nitrogens with one attached hydrogen (secondary N) is 2. The minimum atomic E-state index is 0.0354. The van der Waals surface area contributed by atoms with Gasteiger partial charge >= 0.3 is 0 Å². The minimum Gasteiger partial charge on any atom is -0.324 e. The van der Waals surface area contributed by atoms with Crippen molar-refractivity contribution in [2.24, 2.45) is 0 Å². The maximum absolute atomic E-state index is 12.1. The monoisotopic (exact) mass is 325 g/mol. The van der Waals surface area contributed by atoms with Gasteiger partial charge in [-0.2, -0.15) is 0 Å². The molecule has 1 aromatic rings. The number of amides is 1. The molecule has 0 bridgehead atoms. The number of anilines is 1. The van der Waals surface area contributed by atoms with Crippen molar-refractivity contribution in [2.75, 3.05) is 25.0 Å². The third-order valence-electron chi connectivity index (χ3n) is 3.15. The molecule has 2 N–H and O–H groups in total. The molecule has 2 atom stereocenters. The Balaban J connectivity index is 1.89. The fraction of sp³-hybridized carbons (Fsp3) is 0.500. The van der Waals surface area contributed by atoms with Crippen LogP contribution < -0.4 is 10.6 Å². The molecule has 104 valence electrons. The lowest BCUT2D eigenvalue weighted by molar-refractivity contribution is -0.117. The maximum atomic E-state index is 12.1. The van der Waals surface area contributed by atoms with Gasteiger partial charge in [-0.25, -0.2) is 0 Å². The van der Waals surface area contributed by atoms with Crippen LogP contribution in [0.15, 0.2) is 28.7 Å². The summed E-state index contributed by atoms with van der Waals surface area (Å²) in [5.74, 6) is 0.0354. The summed E-state index contributed by atoms with van der Waals surface area (Å²) < 4.78 is 0.908. The van der Waals surface area contributed by atoms with E-state index < -0.39 is 0 Å². The van der Waals surface area contributed by atoms with Crippen molar-refractivity contribution in [3.8, 4) is 0 Å². The number of nitrogens with zero attached hydrogens (tertiary/aromatic N) is 1. The highest BCUT2D eigenvalue weighted by Gasteiger charge is 2.22. The molecule has 2 unspecified atom stereocenters. The molecule has 1 aromatic carbocycles. The van der Waals surface area contributed by atoms with E-state index in [1.807, 2.05) is 24.3 Å². The molecule has 1 fully saturated rings. The standard InChI is InChI=1S/C14H20BrN3O/c1-10-7-18(8-11(2)16-10)9-14(19)17-13-6-4-3-5-12(13)15/h3-6,10-11,16H,7-9H2,1-2H3,(H,17,19). The van der Waals surface area contributed by atoms with Crippen LogP contribution in [0.3, 0.4) is 0 Å². The van der Waals surface area contributed by atoms with Crippen molar-refractivity contribution < 1.29 is 4.79 Å². The zero-order chi connectivity index (χ0) is 13.8. The highest BCUT2D eigenvalue weighted by molar-refractivity contribution is 9.10. The van der Waals surface area contributed by atoms with Crippen LogP contribution in [0.25, 0.3) is 0 Å². The van der Waals surface area contributed by atoms with Gasteiger partial charge in [0.25, 0.3) is 0 Å². The number of carbonyl (C=O) groups is 1. The van der Waals surface area contributed by atoms with E-state index in [2.05, 4.69) is 45.3 Å². The van der Waals surface area contributed by atoms with Crippen LogP contribution >= 0.6 is 15.9 Å². The van der Waals surface area contributed by atoms with Gasteiger partial charge in [-0.15, -0.1) is 0 Å². The van der Waals surface area contributed by atoms with Crippen LogP contribution in [0.2, 0.25) is 0 Å². The number of carbonyl (C=O) groups excluding carboxylic acids is 1. The summed E-state index contributed by atoms with van der Waals surface area (Å²) in [5, 5.41) is 6.40. The summed E-state index contributed by atoms with van der Waals surface area (Å²) in [7, 11) is 0. The van der Waals surface area contributed by atoms with Crippen molar-refractivity contribution in [3.05, 3.63) is 28.7 Å². The Kier molecular flexibility index (Phi) is 4.96. The summed E-state index contributed by atoms with van der Waals surface area (Å²) in [4.78, 5) is 14.2. The SMILES string of the molecule is CC1CN(CC(=O)Nc2ccccc2Br)CC(C)N1. The van der Waals surface area contributed by atoms with Crippen LogP contribution in [0.1, 0.15) is 13.8 Å². The van der Waals surface area contributed by atoms with Gasteiger partial charge in [0, 0.05) is 29.6 Å². The second-order valence-electron chi connectivity index (χ2n) is 5.19. The summed E-state index contributed by atoms with van der Waals surface area (Å²) >= 11 is 3.43. The topological polar surface area (TPSA) is 44.4 Å². The quantitative estimate of drug-likeness (QED) is 0.894. The highest BCUT2D eigenvalue weighted by Crippen LogP contribution is 2.21. The Morgan fingerprint density at radius 1 is 1.37 bits per heavy atom. The number of rotatable bonds is 3. The highest BCUT2D eigenvalue weighted by atomic mass is 79.9. The Labute approximate surface area is 122 Å². The summed E-state index contributed by atoms with van der Waals surface area (Å²) in [6, 6.07) is 8.52. The van der Waals surface area contributed by atoms with Crippen molar-refractivity contribution in [3.63, 3.8) is 0 Å². The van der Waals surface area contributed by atoms with Crippen LogP contribution in [0.5, 0.6) is 0 Å². The van der Waals surface area contributed by atoms with Crippen molar-refractivity contribution in [1.82, 2.24) is 10.2 Å². The molecule has 0 aliphatic carbocycles. The van der Waals surface area contributed by atoms with Gasteiger partial charge in [0.2, 0.25) is 5.91 Å². The van der Waals surface area contributed by atoms with Crippen LogP contribution in [0.4, 0.5) is 5.69 Å². The maximum Gasteiger partial charge on any atom is 0.238 e. The molecule has 0 aromatic heterocycles. The molecule has 1 aliphatic rings. The van der Waals surface area contributed by atoms with Gasteiger partial charge < -0.3 is 10.6 Å². The second kappa shape index (κ2) is 6.50.